The molecule has 1 amide bonds. The monoisotopic (exact) mass is 311 g/mol. The SMILES string of the molecule is CC1CN(C(C)C(=O)Nc2ccc(Cl)cc2N)C(C)CO1. The number of hydrogen-bond donors (Lipinski definition) is 2. The molecule has 0 aromatic heterocycles. The van der Waals surface area contributed by atoms with E-state index >= 15 is 0 Å². The number of ether oxygens (including phenoxy) is 1. The van der Waals surface area contributed by atoms with E-state index in [1.165, 1.54) is 0 Å². The van der Waals surface area contributed by atoms with Gasteiger partial charge in [0.2, 0.25) is 5.91 Å². The molecule has 0 bridgehead atoms. The molecule has 1 aliphatic rings. The highest BCUT2D eigenvalue weighted by atomic mass is 35.5. The van der Waals surface area contributed by atoms with E-state index < -0.39 is 0 Å². The zero-order chi connectivity index (χ0) is 15.6. The molecule has 0 radical (unpaired) electrons. The molecule has 3 atom stereocenters. The molecule has 5 nitrogen and oxygen atoms in total. The maximum atomic E-state index is 12.4. The van der Waals surface area contributed by atoms with Crippen molar-refractivity contribution in [2.45, 2.75) is 39.0 Å². The average Bonchev–Trinajstić information content (AvgIpc) is 2.43. The number of nitrogens with one attached hydrogen (secondary N) is 1. The second kappa shape index (κ2) is 6.64. The summed E-state index contributed by atoms with van der Waals surface area (Å²) in [6.07, 6.45) is 0.136. The molecule has 1 heterocycles. The predicted molar refractivity (Wildman–Crippen MR) is 85.5 cm³/mol. The Balaban J connectivity index is 2.05. The number of morpholine rings is 1. The van der Waals surface area contributed by atoms with Gasteiger partial charge in [0.05, 0.1) is 30.1 Å². The Morgan fingerprint density at radius 2 is 2.24 bits per heavy atom. The molecule has 1 aliphatic heterocycles. The van der Waals surface area contributed by atoms with Crippen LogP contribution < -0.4 is 11.1 Å². The van der Waals surface area contributed by atoms with E-state index in [2.05, 4.69) is 17.1 Å². The van der Waals surface area contributed by atoms with Crippen LogP contribution in [0.2, 0.25) is 5.02 Å². The van der Waals surface area contributed by atoms with Gasteiger partial charge in [-0.2, -0.15) is 0 Å². The highest BCUT2D eigenvalue weighted by Gasteiger charge is 2.31. The Kier molecular flexibility index (Phi) is 5.08. The van der Waals surface area contributed by atoms with E-state index in [0.717, 1.165) is 6.54 Å². The molecule has 3 N–H and O–H groups in total. The lowest BCUT2D eigenvalue weighted by atomic mass is 10.1. The van der Waals surface area contributed by atoms with Gasteiger partial charge in [-0.05, 0) is 39.0 Å². The van der Waals surface area contributed by atoms with Gasteiger partial charge in [0.1, 0.15) is 0 Å². The van der Waals surface area contributed by atoms with Crippen LogP contribution in [-0.4, -0.2) is 42.1 Å². The minimum absolute atomic E-state index is 0.0787. The summed E-state index contributed by atoms with van der Waals surface area (Å²) in [5.74, 6) is -0.0787. The number of carbonyl (C=O) groups is 1. The quantitative estimate of drug-likeness (QED) is 0.841. The first-order chi connectivity index (χ1) is 9.88. The summed E-state index contributed by atoms with van der Waals surface area (Å²) < 4.78 is 5.59. The van der Waals surface area contributed by atoms with Crippen LogP contribution in [-0.2, 0) is 9.53 Å². The first-order valence-electron chi connectivity index (χ1n) is 7.11. The van der Waals surface area contributed by atoms with Gasteiger partial charge in [0.15, 0.2) is 0 Å². The fourth-order valence-corrected chi connectivity index (χ4v) is 2.68. The summed E-state index contributed by atoms with van der Waals surface area (Å²) in [5, 5.41) is 3.41. The van der Waals surface area contributed by atoms with Crippen LogP contribution in [0.25, 0.3) is 0 Å². The number of carbonyl (C=O) groups excluding carboxylic acids is 1. The molecule has 21 heavy (non-hydrogen) atoms. The molecule has 0 spiro atoms. The van der Waals surface area contributed by atoms with E-state index in [1.54, 1.807) is 18.2 Å². The van der Waals surface area contributed by atoms with Crippen LogP contribution in [0.5, 0.6) is 0 Å². The smallest absolute Gasteiger partial charge is 0.241 e. The lowest BCUT2D eigenvalue weighted by Gasteiger charge is -2.39. The molecule has 1 aromatic carbocycles. The third kappa shape index (κ3) is 3.87. The zero-order valence-electron chi connectivity index (χ0n) is 12.6. The second-order valence-corrected chi connectivity index (χ2v) is 6.02. The van der Waals surface area contributed by atoms with Crippen molar-refractivity contribution in [3.05, 3.63) is 23.2 Å². The van der Waals surface area contributed by atoms with Crippen molar-refractivity contribution >= 4 is 28.9 Å². The summed E-state index contributed by atoms with van der Waals surface area (Å²) in [6.45, 7) is 7.36. The summed E-state index contributed by atoms with van der Waals surface area (Å²) >= 11 is 5.86. The average molecular weight is 312 g/mol. The number of benzene rings is 1. The minimum atomic E-state index is -0.249. The summed E-state index contributed by atoms with van der Waals surface area (Å²) in [6, 6.07) is 5.01. The maximum absolute atomic E-state index is 12.4. The molecule has 116 valence electrons. The van der Waals surface area contributed by atoms with Crippen LogP contribution in [0, 0.1) is 0 Å². The third-order valence-corrected chi connectivity index (χ3v) is 4.04. The van der Waals surface area contributed by atoms with Crippen LogP contribution in [0.3, 0.4) is 0 Å². The van der Waals surface area contributed by atoms with Crippen LogP contribution >= 0.6 is 11.6 Å². The van der Waals surface area contributed by atoms with Crippen molar-refractivity contribution < 1.29 is 9.53 Å². The molecule has 2 rings (SSSR count). The minimum Gasteiger partial charge on any atom is -0.397 e. The highest BCUT2D eigenvalue weighted by Crippen LogP contribution is 2.23. The van der Waals surface area contributed by atoms with Gasteiger partial charge in [-0.1, -0.05) is 11.6 Å². The van der Waals surface area contributed by atoms with Gasteiger partial charge < -0.3 is 15.8 Å². The van der Waals surface area contributed by atoms with E-state index in [0.29, 0.717) is 23.0 Å². The number of rotatable bonds is 3. The van der Waals surface area contributed by atoms with Gasteiger partial charge in [-0.25, -0.2) is 0 Å². The van der Waals surface area contributed by atoms with E-state index in [-0.39, 0.29) is 24.1 Å². The summed E-state index contributed by atoms with van der Waals surface area (Å²) in [4.78, 5) is 14.6. The molecule has 0 saturated carbocycles. The first kappa shape index (κ1) is 16.1. The molecule has 0 aliphatic carbocycles. The van der Waals surface area contributed by atoms with E-state index in [1.807, 2.05) is 13.8 Å². The highest BCUT2D eigenvalue weighted by molar-refractivity contribution is 6.31. The molecular weight excluding hydrogens is 290 g/mol. The molecule has 1 fully saturated rings. The number of amides is 1. The van der Waals surface area contributed by atoms with Crippen molar-refractivity contribution in [3.8, 4) is 0 Å². The Morgan fingerprint density at radius 1 is 1.52 bits per heavy atom. The van der Waals surface area contributed by atoms with Crippen molar-refractivity contribution in [1.82, 2.24) is 4.90 Å². The number of halogens is 1. The molecule has 6 heteroatoms. The summed E-state index contributed by atoms with van der Waals surface area (Å²) in [7, 11) is 0. The summed E-state index contributed by atoms with van der Waals surface area (Å²) in [5.41, 5.74) is 6.92. The zero-order valence-corrected chi connectivity index (χ0v) is 13.4. The van der Waals surface area contributed by atoms with Gasteiger partial charge in [-0.15, -0.1) is 0 Å². The topological polar surface area (TPSA) is 67.6 Å². The van der Waals surface area contributed by atoms with E-state index in [4.69, 9.17) is 22.1 Å². The van der Waals surface area contributed by atoms with Crippen molar-refractivity contribution in [3.63, 3.8) is 0 Å². The fourth-order valence-electron chi connectivity index (χ4n) is 2.50. The lowest BCUT2D eigenvalue weighted by Crippen LogP contribution is -2.54. The molecular formula is C15H22ClN3O2. The van der Waals surface area contributed by atoms with Crippen LogP contribution in [0.1, 0.15) is 20.8 Å². The van der Waals surface area contributed by atoms with E-state index in [9.17, 15) is 4.79 Å². The predicted octanol–water partition coefficient (Wildman–Crippen LogP) is 2.36. The van der Waals surface area contributed by atoms with Gasteiger partial charge in [0, 0.05) is 17.6 Å². The second-order valence-electron chi connectivity index (χ2n) is 5.59. The number of nitrogens with two attached hydrogens (primary N) is 1. The van der Waals surface area contributed by atoms with Gasteiger partial charge in [0.25, 0.3) is 0 Å². The van der Waals surface area contributed by atoms with Gasteiger partial charge >= 0.3 is 0 Å². The standard InChI is InChI=1S/C15H22ClN3O2/c1-9-8-21-10(2)7-19(9)11(3)15(20)18-14-5-4-12(16)6-13(14)17/h4-6,9-11H,7-8,17H2,1-3H3,(H,18,20). The third-order valence-electron chi connectivity index (χ3n) is 3.80. The number of nitrogen functional groups attached to an aromatic ring is 1. The molecule has 3 unspecified atom stereocenters. The van der Waals surface area contributed by atoms with Gasteiger partial charge in [-0.3, -0.25) is 9.69 Å². The number of hydrogen-bond acceptors (Lipinski definition) is 4. The molecule has 1 aromatic rings. The van der Waals surface area contributed by atoms with Crippen LogP contribution in [0.4, 0.5) is 11.4 Å². The number of nitrogens with zero attached hydrogens (tertiary/aromatic N) is 1. The largest absolute Gasteiger partial charge is 0.397 e. The van der Waals surface area contributed by atoms with Crippen molar-refractivity contribution in [2.24, 2.45) is 0 Å². The van der Waals surface area contributed by atoms with Crippen molar-refractivity contribution in [1.29, 1.82) is 0 Å². The number of anilines is 2. The van der Waals surface area contributed by atoms with Crippen molar-refractivity contribution in [2.75, 3.05) is 24.2 Å². The Labute approximate surface area is 130 Å². The Hall–Kier alpha value is -1.30. The van der Waals surface area contributed by atoms with Crippen LogP contribution in [0.15, 0.2) is 18.2 Å². The normalized spacial score (nSPS) is 24.6. The maximum Gasteiger partial charge on any atom is 0.241 e. The lowest BCUT2D eigenvalue weighted by molar-refractivity contribution is -0.126. The Bertz CT molecular complexity index is 524. The Morgan fingerprint density at radius 3 is 2.90 bits per heavy atom. The molecule has 1 saturated heterocycles. The fraction of sp³-hybridized carbons (Fsp3) is 0.533. The first-order valence-corrected chi connectivity index (χ1v) is 7.49.